The second-order valence-electron chi connectivity index (χ2n) is 14.2. The minimum atomic E-state index is -0.0203. The van der Waals surface area contributed by atoms with Crippen molar-refractivity contribution in [2.75, 3.05) is 10.6 Å². The highest BCUT2D eigenvalue weighted by Crippen LogP contribution is 2.44. The Labute approximate surface area is 268 Å². The van der Waals surface area contributed by atoms with Crippen LogP contribution >= 0.6 is 0 Å². The highest BCUT2D eigenvalue weighted by molar-refractivity contribution is 5.65. The van der Waals surface area contributed by atoms with Crippen molar-refractivity contribution >= 4 is 11.4 Å². The third-order valence-corrected chi connectivity index (χ3v) is 9.22. The zero-order valence-corrected chi connectivity index (χ0v) is 29.4. The average Bonchev–Trinajstić information content (AvgIpc) is 2.97. The minimum absolute atomic E-state index is 0.0203. The van der Waals surface area contributed by atoms with Gasteiger partial charge in [0.05, 0.1) is 12.1 Å². The van der Waals surface area contributed by atoms with Crippen molar-refractivity contribution in [2.24, 2.45) is 0 Å². The molecule has 234 valence electrons. The number of rotatable bonds is 11. The Morgan fingerprint density at radius 2 is 0.682 bits per heavy atom. The fourth-order valence-corrected chi connectivity index (χ4v) is 6.62. The van der Waals surface area contributed by atoms with Crippen LogP contribution in [0.2, 0.25) is 0 Å². The zero-order valence-electron chi connectivity index (χ0n) is 29.4. The van der Waals surface area contributed by atoms with Gasteiger partial charge in [0.25, 0.3) is 0 Å². The molecule has 4 rings (SSSR count). The van der Waals surface area contributed by atoms with Crippen LogP contribution in [-0.2, 0) is 0 Å². The van der Waals surface area contributed by atoms with E-state index in [1.165, 1.54) is 67.0 Å². The molecule has 4 aromatic carbocycles. The van der Waals surface area contributed by atoms with Gasteiger partial charge < -0.3 is 10.6 Å². The molecule has 0 fully saturated rings. The summed E-state index contributed by atoms with van der Waals surface area (Å²) in [5.74, 6) is 1.60. The van der Waals surface area contributed by atoms with Crippen molar-refractivity contribution in [1.29, 1.82) is 0 Å². The Bertz CT molecular complexity index is 1400. The number of para-hydroxylation sites is 2. The maximum atomic E-state index is 4.26. The molecule has 0 saturated heterocycles. The van der Waals surface area contributed by atoms with Gasteiger partial charge in [0.1, 0.15) is 0 Å². The molecule has 0 aliphatic heterocycles. The molecule has 0 unspecified atom stereocenters. The normalized spacial score (nSPS) is 13.2. The quantitative estimate of drug-likeness (QED) is 0.182. The lowest BCUT2D eigenvalue weighted by atomic mass is 9.84. The van der Waals surface area contributed by atoms with Gasteiger partial charge in [-0.3, -0.25) is 0 Å². The summed E-state index contributed by atoms with van der Waals surface area (Å²) in [6.45, 7) is 27.5. The van der Waals surface area contributed by atoms with E-state index in [2.05, 4.69) is 167 Å². The summed E-state index contributed by atoms with van der Waals surface area (Å²) in [7, 11) is 0. The number of nitrogens with one attached hydrogen (secondary N) is 2. The lowest BCUT2D eigenvalue weighted by Crippen LogP contribution is -2.29. The zero-order chi connectivity index (χ0) is 32.3. The first-order valence-electron chi connectivity index (χ1n) is 16.7. The molecule has 0 aromatic heterocycles. The van der Waals surface area contributed by atoms with Crippen LogP contribution in [0.5, 0.6) is 0 Å². The fourth-order valence-electron chi connectivity index (χ4n) is 6.62. The predicted molar refractivity (Wildman–Crippen MR) is 194 cm³/mol. The monoisotopic (exact) mass is 588 g/mol. The van der Waals surface area contributed by atoms with Crippen molar-refractivity contribution in [1.82, 2.24) is 0 Å². The van der Waals surface area contributed by atoms with Crippen LogP contribution in [0.1, 0.15) is 147 Å². The molecule has 2 atom stereocenters. The minimum Gasteiger partial charge on any atom is -0.375 e. The molecular formula is C42H56N2. The molecule has 0 heterocycles. The van der Waals surface area contributed by atoms with Gasteiger partial charge in [-0.15, -0.1) is 0 Å². The topological polar surface area (TPSA) is 24.1 Å². The fraction of sp³-hybridized carbons (Fsp3) is 0.429. The van der Waals surface area contributed by atoms with Crippen LogP contribution in [0.4, 0.5) is 11.4 Å². The molecule has 2 heteroatoms. The molecule has 0 spiro atoms. The smallest absolute Gasteiger partial charge is 0.0760 e. The van der Waals surface area contributed by atoms with E-state index in [1.807, 2.05) is 0 Å². The summed E-state index contributed by atoms with van der Waals surface area (Å²) in [5.41, 5.74) is 15.9. The summed E-state index contributed by atoms with van der Waals surface area (Å²) >= 11 is 0. The van der Waals surface area contributed by atoms with E-state index in [0.29, 0.717) is 23.7 Å². The first-order valence-corrected chi connectivity index (χ1v) is 16.7. The van der Waals surface area contributed by atoms with Gasteiger partial charge in [-0.2, -0.15) is 0 Å². The SMILES string of the molecule is Cc1ccc(C)c([C@@H](Nc2c(C(C)C)cccc2C(C)C)[C@H](Nc2c(C(C)C)cccc2C(C)C)c2cc(C)ccc2C)c1. The molecule has 0 aliphatic rings. The van der Waals surface area contributed by atoms with E-state index in [4.69, 9.17) is 0 Å². The van der Waals surface area contributed by atoms with Crippen LogP contribution in [0.3, 0.4) is 0 Å². The van der Waals surface area contributed by atoms with Crippen molar-refractivity contribution in [2.45, 2.75) is 119 Å². The standard InChI is InChI=1S/C42H56N2/c1-25(2)33-15-13-16-34(26(3)4)39(33)43-41(37-23-29(9)19-21-31(37)11)42(38-24-30(10)20-22-32(38)12)44-40-35(27(5)6)17-14-18-36(40)28(7)8/h13-28,41-44H,1-12H3/t41-,42-/m1/s1. The Kier molecular flexibility index (Phi) is 10.7. The molecule has 44 heavy (non-hydrogen) atoms. The van der Waals surface area contributed by atoms with E-state index in [9.17, 15) is 0 Å². The number of hydrogen-bond donors (Lipinski definition) is 2. The van der Waals surface area contributed by atoms with Gasteiger partial charge in [-0.1, -0.05) is 139 Å². The summed E-state index contributed by atoms with van der Waals surface area (Å²) in [6, 6.07) is 27.5. The number of benzene rings is 4. The summed E-state index contributed by atoms with van der Waals surface area (Å²) in [6.07, 6.45) is 0. The second kappa shape index (κ2) is 14.1. The molecule has 2 N–H and O–H groups in total. The molecule has 4 aromatic rings. The molecule has 0 bridgehead atoms. The van der Waals surface area contributed by atoms with Crippen LogP contribution in [0.15, 0.2) is 72.8 Å². The van der Waals surface area contributed by atoms with E-state index >= 15 is 0 Å². The van der Waals surface area contributed by atoms with Gasteiger partial charge in [0, 0.05) is 11.4 Å². The highest BCUT2D eigenvalue weighted by atomic mass is 15.0. The highest BCUT2D eigenvalue weighted by Gasteiger charge is 2.31. The lowest BCUT2D eigenvalue weighted by Gasteiger charge is -2.37. The molecular weight excluding hydrogens is 532 g/mol. The number of hydrogen-bond acceptors (Lipinski definition) is 2. The number of anilines is 2. The Hall–Kier alpha value is -3.52. The van der Waals surface area contributed by atoms with Gasteiger partial charge in [-0.05, 0) is 95.9 Å². The molecule has 2 nitrogen and oxygen atoms in total. The molecule has 0 saturated carbocycles. The van der Waals surface area contributed by atoms with Gasteiger partial charge >= 0.3 is 0 Å². The van der Waals surface area contributed by atoms with Gasteiger partial charge in [-0.25, -0.2) is 0 Å². The summed E-state index contributed by atoms with van der Waals surface area (Å²) < 4.78 is 0. The first kappa shape index (κ1) is 33.4. The third-order valence-electron chi connectivity index (χ3n) is 9.22. The van der Waals surface area contributed by atoms with Crippen molar-refractivity contribution in [3.8, 4) is 0 Å². The average molecular weight is 589 g/mol. The summed E-state index contributed by atoms with van der Waals surface area (Å²) in [5, 5.41) is 8.53. The largest absolute Gasteiger partial charge is 0.375 e. The van der Waals surface area contributed by atoms with E-state index in [1.54, 1.807) is 0 Å². The first-order chi connectivity index (χ1) is 20.8. The Morgan fingerprint density at radius 3 is 0.955 bits per heavy atom. The van der Waals surface area contributed by atoms with Crippen LogP contribution in [-0.4, -0.2) is 0 Å². The lowest BCUT2D eigenvalue weighted by molar-refractivity contribution is 0.634. The van der Waals surface area contributed by atoms with E-state index in [0.717, 1.165) is 0 Å². The summed E-state index contributed by atoms with van der Waals surface area (Å²) in [4.78, 5) is 0. The van der Waals surface area contributed by atoms with Crippen molar-refractivity contribution in [3.63, 3.8) is 0 Å². The second-order valence-corrected chi connectivity index (χ2v) is 14.2. The molecule has 0 amide bonds. The maximum absolute atomic E-state index is 4.26. The van der Waals surface area contributed by atoms with E-state index < -0.39 is 0 Å². The molecule has 0 aliphatic carbocycles. The third kappa shape index (κ3) is 7.23. The Morgan fingerprint density at radius 1 is 0.386 bits per heavy atom. The Balaban J connectivity index is 2.07. The van der Waals surface area contributed by atoms with Gasteiger partial charge in [0.15, 0.2) is 0 Å². The number of aryl methyl sites for hydroxylation is 4. The van der Waals surface area contributed by atoms with Crippen molar-refractivity contribution in [3.05, 3.63) is 128 Å². The van der Waals surface area contributed by atoms with Gasteiger partial charge in [0.2, 0.25) is 0 Å². The van der Waals surface area contributed by atoms with Crippen molar-refractivity contribution < 1.29 is 0 Å². The maximum Gasteiger partial charge on any atom is 0.0760 e. The van der Waals surface area contributed by atoms with Crippen LogP contribution in [0, 0.1) is 27.7 Å². The van der Waals surface area contributed by atoms with E-state index in [-0.39, 0.29) is 12.1 Å². The molecule has 0 radical (unpaired) electrons. The van der Waals surface area contributed by atoms with Crippen LogP contribution < -0.4 is 10.6 Å². The van der Waals surface area contributed by atoms with Crippen LogP contribution in [0.25, 0.3) is 0 Å². The predicted octanol–water partition coefficient (Wildman–Crippen LogP) is 12.4.